The Bertz CT molecular complexity index is 433. The van der Waals surface area contributed by atoms with Crippen LogP contribution in [-0.2, 0) is 4.74 Å². The van der Waals surface area contributed by atoms with Crippen molar-refractivity contribution >= 4 is 28.9 Å². The number of nitro benzene ring substituents is 1. The second-order valence-corrected chi connectivity index (χ2v) is 3.05. The van der Waals surface area contributed by atoms with Gasteiger partial charge in [0, 0.05) is 6.07 Å². The van der Waals surface area contributed by atoms with Gasteiger partial charge in [-0.2, -0.15) is 0 Å². The molecule has 80 valence electrons. The zero-order chi connectivity index (χ0) is 11.6. The molecule has 1 aromatic carbocycles. The van der Waals surface area contributed by atoms with Gasteiger partial charge in [0.25, 0.3) is 5.69 Å². The Morgan fingerprint density at radius 2 is 2.20 bits per heavy atom. The Balaban J connectivity index is 3.31. The van der Waals surface area contributed by atoms with Crippen molar-refractivity contribution in [1.29, 1.82) is 0 Å². The molecule has 0 aliphatic rings. The number of methoxy groups -OCH3 is 1. The molecule has 0 unspecified atom stereocenters. The first-order chi connectivity index (χ1) is 6.97. The number of halogens is 1. The van der Waals surface area contributed by atoms with E-state index in [0.717, 1.165) is 12.1 Å². The average molecular weight is 231 g/mol. The first kappa shape index (κ1) is 11.3. The molecule has 0 atom stereocenters. The third-order valence-electron chi connectivity index (χ3n) is 1.72. The fraction of sp³-hybridized carbons (Fsp3) is 0.125. The summed E-state index contributed by atoms with van der Waals surface area (Å²) >= 11 is 5.59. The molecule has 2 N–H and O–H groups in total. The minimum atomic E-state index is -0.690. The highest BCUT2D eigenvalue weighted by atomic mass is 35.5. The number of nitro groups is 1. The topological polar surface area (TPSA) is 95.5 Å². The van der Waals surface area contributed by atoms with Crippen molar-refractivity contribution in [3.63, 3.8) is 0 Å². The Morgan fingerprint density at radius 3 is 2.67 bits per heavy atom. The molecule has 7 heteroatoms. The van der Waals surface area contributed by atoms with Crippen LogP contribution in [0.5, 0.6) is 0 Å². The molecule has 0 saturated heterocycles. The molecule has 0 amide bonds. The van der Waals surface area contributed by atoms with Crippen LogP contribution >= 0.6 is 11.6 Å². The first-order valence-electron chi connectivity index (χ1n) is 3.79. The minimum absolute atomic E-state index is 0.00750. The van der Waals surface area contributed by atoms with Crippen LogP contribution in [0.2, 0.25) is 5.02 Å². The predicted molar refractivity (Wildman–Crippen MR) is 53.9 cm³/mol. The second-order valence-electron chi connectivity index (χ2n) is 2.64. The summed E-state index contributed by atoms with van der Waals surface area (Å²) in [5, 5.41) is 10.3. The van der Waals surface area contributed by atoms with E-state index in [4.69, 9.17) is 17.3 Å². The fourth-order valence-electron chi connectivity index (χ4n) is 1.00. The van der Waals surface area contributed by atoms with Crippen molar-refractivity contribution in [2.75, 3.05) is 12.8 Å². The predicted octanol–water partition coefficient (Wildman–Crippen LogP) is 1.62. The largest absolute Gasteiger partial charge is 0.465 e. The number of nitrogen functional groups attached to an aromatic ring is 1. The van der Waals surface area contributed by atoms with Crippen LogP contribution < -0.4 is 5.73 Å². The summed E-state index contributed by atoms with van der Waals surface area (Å²) in [5.41, 5.74) is 5.06. The molecule has 0 aliphatic carbocycles. The average Bonchev–Trinajstić information content (AvgIpc) is 2.19. The normalized spacial score (nSPS) is 9.73. The molecular weight excluding hydrogens is 224 g/mol. The summed E-state index contributed by atoms with van der Waals surface area (Å²) in [6.45, 7) is 0. The van der Waals surface area contributed by atoms with Gasteiger partial charge in [-0.15, -0.1) is 0 Å². The molecule has 0 bridgehead atoms. The summed E-state index contributed by atoms with van der Waals surface area (Å²) < 4.78 is 4.43. The number of carbonyl (C=O) groups excluding carboxylic acids is 1. The van der Waals surface area contributed by atoms with Crippen LogP contribution in [0.25, 0.3) is 0 Å². The number of ether oxygens (including phenoxy) is 1. The van der Waals surface area contributed by atoms with E-state index in [2.05, 4.69) is 4.74 Å². The number of nitrogens with zero attached hydrogens (tertiary/aromatic N) is 1. The van der Waals surface area contributed by atoms with Gasteiger partial charge in [-0.1, -0.05) is 11.6 Å². The number of nitrogens with two attached hydrogens (primary N) is 1. The Kier molecular flexibility index (Phi) is 3.11. The highest BCUT2D eigenvalue weighted by molar-refractivity contribution is 6.33. The molecule has 1 aromatic rings. The van der Waals surface area contributed by atoms with Gasteiger partial charge >= 0.3 is 5.97 Å². The third-order valence-corrected chi connectivity index (χ3v) is 2.02. The number of anilines is 1. The maximum Gasteiger partial charge on any atom is 0.340 e. The van der Waals surface area contributed by atoms with Crippen LogP contribution in [0.3, 0.4) is 0 Å². The summed E-state index contributed by atoms with van der Waals surface area (Å²) in [4.78, 5) is 20.9. The number of hydrogen-bond donors (Lipinski definition) is 1. The van der Waals surface area contributed by atoms with E-state index in [0.29, 0.717) is 0 Å². The summed E-state index contributed by atoms with van der Waals surface area (Å²) in [6, 6.07) is 2.13. The van der Waals surface area contributed by atoms with E-state index in [9.17, 15) is 14.9 Å². The highest BCUT2D eigenvalue weighted by Crippen LogP contribution is 2.29. The quantitative estimate of drug-likeness (QED) is 0.360. The van der Waals surface area contributed by atoms with E-state index < -0.39 is 10.9 Å². The lowest BCUT2D eigenvalue weighted by atomic mass is 10.1. The number of carbonyl (C=O) groups is 1. The molecule has 0 radical (unpaired) electrons. The van der Waals surface area contributed by atoms with Gasteiger partial charge in [-0.05, 0) is 6.07 Å². The van der Waals surface area contributed by atoms with Crippen molar-refractivity contribution in [2.24, 2.45) is 0 Å². The lowest BCUT2D eigenvalue weighted by Gasteiger charge is -2.04. The minimum Gasteiger partial charge on any atom is -0.465 e. The monoisotopic (exact) mass is 230 g/mol. The van der Waals surface area contributed by atoms with Crippen molar-refractivity contribution < 1.29 is 14.5 Å². The van der Waals surface area contributed by atoms with Gasteiger partial charge in [0.2, 0.25) is 0 Å². The van der Waals surface area contributed by atoms with Crippen molar-refractivity contribution in [1.82, 2.24) is 0 Å². The first-order valence-corrected chi connectivity index (χ1v) is 4.17. The third kappa shape index (κ3) is 2.16. The van der Waals surface area contributed by atoms with Crippen LogP contribution in [0.1, 0.15) is 10.4 Å². The zero-order valence-corrected chi connectivity index (χ0v) is 8.45. The standard InChI is InChI=1S/C8H7ClN2O4/c1-15-8(12)4-2-5(9)7(11(13)14)3-6(4)10/h2-3H,10H2,1H3. The zero-order valence-electron chi connectivity index (χ0n) is 7.69. The van der Waals surface area contributed by atoms with E-state index >= 15 is 0 Å². The van der Waals surface area contributed by atoms with E-state index in [1.165, 1.54) is 7.11 Å². The number of hydrogen-bond acceptors (Lipinski definition) is 5. The molecule has 0 saturated carbocycles. The highest BCUT2D eigenvalue weighted by Gasteiger charge is 2.19. The Hall–Kier alpha value is -1.82. The molecule has 0 fully saturated rings. The molecule has 15 heavy (non-hydrogen) atoms. The maximum absolute atomic E-state index is 11.1. The summed E-state index contributed by atoms with van der Waals surface area (Å²) in [7, 11) is 1.18. The molecule has 0 heterocycles. The van der Waals surface area contributed by atoms with Gasteiger partial charge in [0.05, 0.1) is 23.3 Å². The molecule has 0 aliphatic heterocycles. The molecule has 0 spiro atoms. The molecule has 0 aromatic heterocycles. The Labute approximate surface area is 89.7 Å². The smallest absolute Gasteiger partial charge is 0.340 e. The second kappa shape index (κ2) is 4.14. The van der Waals surface area contributed by atoms with E-state index in [-0.39, 0.29) is 22.0 Å². The molecule has 6 nitrogen and oxygen atoms in total. The van der Waals surface area contributed by atoms with Gasteiger partial charge in [0.15, 0.2) is 0 Å². The van der Waals surface area contributed by atoms with Gasteiger partial charge in [0.1, 0.15) is 5.02 Å². The van der Waals surface area contributed by atoms with Crippen molar-refractivity contribution in [2.45, 2.75) is 0 Å². The SMILES string of the molecule is COC(=O)c1cc(Cl)c([N+](=O)[O-])cc1N. The van der Waals surface area contributed by atoms with Crippen LogP contribution in [-0.4, -0.2) is 18.0 Å². The van der Waals surface area contributed by atoms with Crippen LogP contribution in [0, 0.1) is 10.1 Å². The summed E-state index contributed by atoms with van der Waals surface area (Å²) in [5.74, 6) is -0.690. The van der Waals surface area contributed by atoms with Crippen LogP contribution in [0.4, 0.5) is 11.4 Å². The lowest BCUT2D eigenvalue weighted by molar-refractivity contribution is -0.384. The fourth-order valence-corrected chi connectivity index (χ4v) is 1.24. The number of rotatable bonds is 2. The Morgan fingerprint density at radius 1 is 1.60 bits per heavy atom. The molecule has 1 rings (SSSR count). The number of benzene rings is 1. The van der Waals surface area contributed by atoms with Gasteiger partial charge in [-0.3, -0.25) is 10.1 Å². The number of esters is 1. The van der Waals surface area contributed by atoms with Gasteiger partial charge < -0.3 is 10.5 Å². The van der Waals surface area contributed by atoms with Crippen molar-refractivity contribution in [3.05, 3.63) is 32.8 Å². The molecular formula is C8H7ClN2O4. The maximum atomic E-state index is 11.1. The van der Waals surface area contributed by atoms with E-state index in [1.807, 2.05) is 0 Å². The van der Waals surface area contributed by atoms with Crippen LogP contribution in [0.15, 0.2) is 12.1 Å². The summed E-state index contributed by atoms with van der Waals surface area (Å²) in [6.07, 6.45) is 0. The lowest BCUT2D eigenvalue weighted by Crippen LogP contribution is -2.06. The van der Waals surface area contributed by atoms with E-state index in [1.54, 1.807) is 0 Å². The van der Waals surface area contributed by atoms with Gasteiger partial charge in [-0.25, -0.2) is 4.79 Å². The van der Waals surface area contributed by atoms with Crippen molar-refractivity contribution in [3.8, 4) is 0 Å².